The summed E-state index contributed by atoms with van der Waals surface area (Å²) in [5.41, 5.74) is 5.43. The predicted molar refractivity (Wildman–Crippen MR) is 62.1 cm³/mol. The molecule has 2 atom stereocenters. The molecule has 0 spiro atoms. The minimum atomic E-state index is -1.58. The number of halogens is 2. The van der Waals surface area contributed by atoms with Gasteiger partial charge in [-0.3, -0.25) is 4.21 Å². The number of ether oxygens (including phenoxy) is 1. The molecule has 17 heavy (non-hydrogen) atoms. The van der Waals surface area contributed by atoms with Crippen LogP contribution in [0.4, 0.5) is 8.78 Å². The highest BCUT2D eigenvalue weighted by Crippen LogP contribution is 2.15. The smallest absolute Gasteiger partial charge is 0.142 e. The lowest BCUT2D eigenvalue weighted by Crippen LogP contribution is -2.29. The average Bonchev–Trinajstić information content (AvgIpc) is 2.28. The number of benzene rings is 1. The summed E-state index contributed by atoms with van der Waals surface area (Å²) in [6.07, 6.45) is -0.384. The van der Waals surface area contributed by atoms with Gasteiger partial charge in [-0.1, -0.05) is 0 Å². The van der Waals surface area contributed by atoms with Crippen molar-refractivity contribution in [2.75, 3.05) is 18.9 Å². The van der Waals surface area contributed by atoms with Crippen LogP contribution in [0.3, 0.4) is 0 Å². The van der Waals surface area contributed by atoms with Crippen LogP contribution in [0, 0.1) is 11.6 Å². The summed E-state index contributed by atoms with van der Waals surface area (Å²) in [7, 11) is -1.58. The third-order valence-corrected chi connectivity index (χ3v) is 3.64. The van der Waals surface area contributed by atoms with E-state index in [-0.39, 0.29) is 23.3 Å². The van der Waals surface area contributed by atoms with E-state index in [0.29, 0.717) is 12.7 Å². The van der Waals surface area contributed by atoms with Crippen LogP contribution < -0.4 is 5.73 Å². The Labute approximate surface area is 101 Å². The van der Waals surface area contributed by atoms with E-state index in [9.17, 15) is 13.0 Å². The van der Waals surface area contributed by atoms with Gasteiger partial charge in [-0.05, 0) is 19.1 Å². The molecule has 1 rings (SSSR count). The summed E-state index contributed by atoms with van der Waals surface area (Å²) >= 11 is 0. The van der Waals surface area contributed by atoms with Crippen molar-refractivity contribution < 1.29 is 17.7 Å². The molecule has 1 aromatic rings. The van der Waals surface area contributed by atoms with E-state index < -0.39 is 22.4 Å². The second kappa shape index (κ2) is 6.78. The van der Waals surface area contributed by atoms with E-state index in [1.807, 2.05) is 0 Å². The zero-order chi connectivity index (χ0) is 12.8. The van der Waals surface area contributed by atoms with Gasteiger partial charge in [0.1, 0.15) is 11.6 Å². The molecule has 0 radical (unpaired) electrons. The van der Waals surface area contributed by atoms with E-state index in [2.05, 4.69) is 0 Å². The van der Waals surface area contributed by atoms with Crippen LogP contribution in [-0.2, 0) is 15.5 Å². The Hall–Kier alpha value is -0.850. The van der Waals surface area contributed by atoms with Crippen LogP contribution in [0.1, 0.15) is 6.92 Å². The SMILES string of the molecule is CCOC(CN)CS(=O)c1ccc(F)cc1F. The van der Waals surface area contributed by atoms with Crippen LogP contribution in [0.2, 0.25) is 0 Å². The Kier molecular flexibility index (Phi) is 5.67. The van der Waals surface area contributed by atoms with E-state index in [0.717, 1.165) is 6.07 Å². The molecule has 0 fully saturated rings. The third kappa shape index (κ3) is 4.14. The van der Waals surface area contributed by atoms with Crippen molar-refractivity contribution in [3.05, 3.63) is 29.8 Å². The van der Waals surface area contributed by atoms with Crippen molar-refractivity contribution >= 4 is 10.8 Å². The summed E-state index contributed by atoms with van der Waals surface area (Å²) < 4.78 is 43.1. The third-order valence-electron chi connectivity index (χ3n) is 2.14. The quantitative estimate of drug-likeness (QED) is 0.845. The average molecular weight is 263 g/mol. The summed E-state index contributed by atoms with van der Waals surface area (Å²) in [5, 5.41) is 0. The summed E-state index contributed by atoms with van der Waals surface area (Å²) in [6.45, 7) is 2.46. The molecule has 1 aromatic carbocycles. The maximum Gasteiger partial charge on any atom is 0.142 e. The number of rotatable bonds is 6. The predicted octanol–water partition coefficient (Wildman–Crippen LogP) is 1.44. The topological polar surface area (TPSA) is 52.3 Å². The monoisotopic (exact) mass is 263 g/mol. The van der Waals surface area contributed by atoms with Gasteiger partial charge < -0.3 is 10.5 Å². The van der Waals surface area contributed by atoms with Crippen LogP contribution in [0.25, 0.3) is 0 Å². The molecule has 96 valence electrons. The van der Waals surface area contributed by atoms with Gasteiger partial charge in [-0.15, -0.1) is 0 Å². The van der Waals surface area contributed by atoms with Gasteiger partial charge >= 0.3 is 0 Å². The van der Waals surface area contributed by atoms with Gasteiger partial charge in [0, 0.05) is 19.2 Å². The van der Waals surface area contributed by atoms with Crippen molar-refractivity contribution in [2.24, 2.45) is 5.73 Å². The van der Waals surface area contributed by atoms with Crippen molar-refractivity contribution in [1.29, 1.82) is 0 Å². The van der Waals surface area contributed by atoms with Crippen LogP contribution in [0.15, 0.2) is 23.1 Å². The van der Waals surface area contributed by atoms with E-state index >= 15 is 0 Å². The number of hydrogen-bond acceptors (Lipinski definition) is 3. The van der Waals surface area contributed by atoms with Gasteiger partial charge in [0.15, 0.2) is 0 Å². The summed E-state index contributed by atoms with van der Waals surface area (Å²) in [6, 6.07) is 2.97. The molecule has 0 amide bonds. The van der Waals surface area contributed by atoms with Gasteiger partial charge in [0.25, 0.3) is 0 Å². The molecule has 0 aliphatic rings. The zero-order valence-electron chi connectivity index (χ0n) is 9.49. The normalized spacial score (nSPS) is 14.6. The van der Waals surface area contributed by atoms with Crippen LogP contribution in [-0.4, -0.2) is 29.2 Å². The van der Waals surface area contributed by atoms with E-state index in [1.165, 1.54) is 6.07 Å². The second-order valence-corrected chi connectivity index (χ2v) is 4.86. The van der Waals surface area contributed by atoms with E-state index in [4.69, 9.17) is 10.5 Å². The first-order chi connectivity index (χ1) is 8.08. The van der Waals surface area contributed by atoms with Crippen molar-refractivity contribution in [1.82, 2.24) is 0 Å². The first kappa shape index (κ1) is 14.2. The van der Waals surface area contributed by atoms with Gasteiger partial charge in [0.2, 0.25) is 0 Å². The maximum absolute atomic E-state index is 13.3. The molecular formula is C11H15F2NO2S. The lowest BCUT2D eigenvalue weighted by atomic mass is 10.3. The molecule has 0 saturated carbocycles. The Morgan fingerprint density at radius 2 is 2.18 bits per heavy atom. The van der Waals surface area contributed by atoms with Crippen molar-refractivity contribution in [2.45, 2.75) is 17.9 Å². The Morgan fingerprint density at radius 1 is 1.47 bits per heavy atom. The Morgan fingerprint density at radius 3 is 2.71 bits per heavy atom. The molecule has 3 nitrogen and oxygen atoms in total. The first-order valence-corrected chi connectivity index (χ1v) is 6.55. The molecule has 0 heterocycles. The number of hydrogen-bond donors (Lipinski definition) is 1. The van der Waals surface area contributed by atoms with Crippen LogP contribution in [0.5, 0.6) is 0 Å². The second-order valence-electron chi connectivity index (χ2n) is 3.40. The van der Waals surface area contributed by atoms with Crippen molar-refractivity contribution in [3.63, 3.8) is 0 Å². The first-order valence-electron chi connectivity index (χ1n) is 5.23. The molecule has 2 unspecified atom stereocenters. The minimum absolute atomic E-state index is 0.0236. The lowest BCUT2D eigenvalue weighted by molar-refractivity contribution is 0.0852. The summed E-state index contributed by atoms with van der Waals surface area (Å²) in [4.78, 5) is -0.0236. The molecule has 2 N–H and O–H groups in total. The molecule has 6 heteroatoms. The molecule has 0 bridgehead atoms. The molecule has 0 aliphatic heterocycles. The lowest BCUT2D eigenvalue weighted by Gasteiger charge is -2.14. The van der Waals surface area contributed by atoms with Gasteiger partial charge in [-0.25, -0.2) is 8.78 Å². The highest BCUT2D eigenvalue weighted by molar-refractivity contribution is 7.85. The molecule has 0 aromatic heterocycles. The fourth-order valence-electron chi connectivity index (χ4n) is 1.34. The van der Waals surface area contributed by atoms with Gasteiger partial charge in [-0.2, -0.15) is 0 Å². The van der Waals surface area contributed by atoms with Crippen LogP contribution >= 0.6 is 0 Å². The number of nitrogens with two attached hydrogens (primary N) is 1. The fourth-order valence-corrected chi connectivity index (χ4v) is 2.58. The van der Waals surface area contributed by atoms with Gasteiger partial charge in [0.05, 0.1) is 27.6 Å². The molecular weight excluding hydrogens is 248 g/mol. The van der Waals surface area contributed by atoms with E-state index in [1.54, 1.807) is 6.92 Å². The summed E-state index contributed by atoms with van der Waals surface area (Å²) in [5.74, 6) is -1.40. The maximum atomic E-state index is 13.3. The highest BCUT2D eigenvalue weighted by Gasteiger charge is 2.16. The molecule has 0 saturated heterocycles. The van der Waals surface area contributed by atoms with Crippen molar-refractivity contribution in [3.8, 4) is 0 Å². The zero-order valence-corrected chi connectivity index (χ0v) is 10.3. The Bertz CT molecular complexity index is 401. The standard InChI is InChI=1S/C11H15F2NO2S/c1-2-16-9(6-14)7-17(15)11-4-3-8(12)5-10(11)13/h3-5,9H,2,6-7,14H2,1H3. The largest absolute Gasteiger partial charge is 0.376 e. The highest BCUT2D eigenvalue weighted by atomic mass is 32.2. The minimum Gasteiger partial charge on any atom is -0.376 e. The Balaban J connectivity index is 2.75. The fraction of sp³-hybridized carbons (Fsp3) is 0.455. The molecule has 0 aliphatic carbocycles.